The van der Waals surface area contributed by atoms with Gasteiger partial charge in [-0.05, 0) is 30.7 Å². The van der Waals surface area contributed by atoms with Crippen LogP contribution in [0.1, 0.15) is 5.56 Å². The van der Waals surface area contributed by atoms with Crippen molar-refractivity contribution in [1.29, 1.82) is 0 Å². The van der Waals surface area contributed by atoms with Crippen molar-refractivity contribution in [2.45, 2.75) is 6.92 Å². The molecule has 3 aromatic rings. The van der Waals surface area contributed by atoms with Gasteiger partial charge >= 0.3 is 0 Å². The van der Waals surface area contributed by atoms with E-state index in [1.165, 1.54) is 0 Å². The molecule has 0 fully saturated rings. The molecule has 0 aliphatic carbocycles. The molecule has 0 atom stereocenters. The molecule has 0 bridgehead atoms. The average molecular weight is 321 g/mol. The first-order valence-electron chi connectivity index (χ1n) is 7.74. The Labute approximate surface area is 140 Å². The number of hydrogen-bond acceptors (Lipinski definition) is 6. The number of pyridine rings is 1. The molecule has 0 saturated carbocycles. The maximum atomic E-state index is 9.01. The molecule has 0 spiro atoms. The Hall–Kier alpha value is -2.99. The number of hydrogen-bond donors (Lipinski definition) is 3. The van der Waals surface area contributed by atoms with Crippen LogP contribution in [0.2, 0.25) is 0 Å². The van der Waals surface area contributed by atoms with E-state index in [9.17, 15) is 0 Å². The lowest BCUT2D eigenvalue weighted by Crippen LogP contribution is -2.10. The van der Waals surface area contributed by atoms with Crippen molar-refractivity contribution in [3.8, 4) is 11.4 Å². The molecule has 2 aromatic heterocycles. The molecule has 0 radical (unpaired) electrons. The third-order valence-electron chi connectivity index (χ3n) is 3.46. The largest absolute Gasteiger partial charge is 0.395 e. The molecular formula is C18H19N5O. The number of para-hydroxylation sites is 1. The summed E-state index contributed by atoms with van der Waals surface area (Å²) >= 11 is 0. The monoisotopic (exact) mass is 321 g/mol. The van der Waals surface area contributed by atoms with Gasteiger partial charge in [-0.2, -0.15) is 4.98 Å². The highest BCUT2D eigenvalue weighted by molar-refractivity contribution is 5.66. The summed E-state index contributed by atoms with van der Waals surface area (Å²) in [6.07, 6.45) is 1.73. The summed E-state index contributed by atoms with van der Waals surface area (Å²) in [5, 5.41) is 15.3. The lowest BCUT2D eigenvalue weighted by Gasteiger charge is -2.12. The van der Waals surface area contributed by atoms with Crippen LogP contribution >= 0.6 is 0 Å². The molecule has 3 N–H and O–H groups in total. The van der Waals surface area contributed by atoms with Crippen LogP contribution in [0, 0.1) is 6.92 Å². The third kappa shape index (κ3) is 3.85. The molecule has 3 rings (SSSR count). The first kappa shape index (κ1) is 15.9. The minimum atomic E-state index is 0.0116. The van der Waals surface area contributed by atoms with Crippen molar-refractivity contribution in [2.75, 3.05) is 23.8 Å². The standard InChI is InChI=1S/C18H19N5O/c1-13-6-2-3-7-14(13)21-17-12-16(15-8-4-5-9-19-15)22-18(23-17)20-10-11-24/h2-9,12,24H,10-11H2,1H3,(H2,20,21,22,23). The molecule has 0 unspecified atom stereocenters. The number of aliphatic hydroxyl groups is 1. The van der Waals surface area contributed by atoms with Crippen LogP contribution in [0.3, 0.4) is 0 Å². The molecular weight excluding hydrogens is 302 g/mol. The van der Waals surface area contributed by atoms with Gasteiger partial charge in [0.05, 0.1) is 18.0 Å². The van der Waals surface area contributed by atoms with Crippen molar-refractivity contribution >= 4 is 17.5 Å². The number of anilines is 3. The van der Waals surface area contributed by atoms with E-state index in [1.807, 2.05) is 55.5 Å². The Balaban J connectivity index is 1.97. The van der Waals surface area contributed by atoms with Crippen LogP contribution in [-0.4, -0.2) is 33.2 Å². The number of nitrogens with one attached hydrogen (secondary N) is 2. The van der Waals surface area contributed by atoms with Gasteiger partial charge in [-0.1, -0.05) is 24.3 Å². The van der Waals surface area contributed by atoms with Crippen molar-refractivity contribution < 1.29 is 5.11 Å². The van der Waals surface area contributed by atoms with E-state index in [0.29, 0.717) is 24.0 Å². The highest BCUT2D eigenvalue weighted by Gasteiger charge is 2.08. The molecule has 6 heteroatoms. The second-order valence-electron chi connectivity index (χ2n) is 5.27. The van der Waals surface area contributed by atoms with E-state index < -0.39 is 0 Å². The SMILES string of the molecule is Cc1ccccc1Nc1cc(-c2ccccn2)nc(NCCO)n1. The minimum Gasteiger partial charge on any atom is -0.395 e. The van der Waals surface area contributed by atoms with E-state index in [1.54, 1.807) is 6.20 Å². The number of nitrogens with zero attached hydrogens (tertiary/aromatic N) is 3. The van der Waals surface area contributed by atoms with Crippen molar-refractivity contribution in [3.05, 3.63) is 60.3 Å². The Morgan fingerprint density at radius 2 is 1.83 bits per heavy atom. The van der Waals surface area contributed by atoms with E-state index in [0.717, 1.165) is 16.9 Å². The summed E-state index contributed by atoms with van der Waals surface area (Å²) in [5.74, 6) is 1.11. The highest BCUT2D eigenvalue weighted by Crippen LogP contribution is 2.23. The molecule has 0 aliphatic heterocycles. The third-order valence-corrected chi connectivity index (χ3v) is 3.46. The topological polar surface area (TPSA) is 83.0 Å². The fraction of sp³-hybridized carbons (Fsp3) is 0.167. The van der Waals surface area contributed by atoms with Gasteiger partial charge in [-0.25, -0.2) is 4.98 Å². The summed E-state index contributed by atoms with van der Waals surface area (Å²) in [6, 6.07) is 15.5. The van der Waals surface area contributed by atoms with Crippen LogP contribution in [0.25, 0.3) is 11.4 Å². The first-order valence-corrected chi connectivity index (χ1v) is 7.74. The Kier molecular flexibility index (Phi) is 4.98. The summed E-state index contributed by atoms with van der Waals surface area (Å²) in [7, 11) is 0. The zero-order valence-corrected chi connectivity index (χ0v) is 13.4. The van der Waals surface area contributed by atoms with Crippen molar-refractivity contribution in [3.63, 3.8) is 0 Å². The number of aryl methyl sites for hydroxylation is 1. The Morgan fingerprint density at radius 1 is 1.00 bits per heavy atom. The first-order chi connectivity index (χ1) is 11.8. The van der Waals surface area contributed by atoms with Gasteiger partial charge in [0, 0.05) is 24.5 Å². The molecule has 2 heterocycles. The second-order valence-corrected chi connectivity index (χ2v) is 5.27. The van der Waals surface area contributed by atoms with E-state index in [2.05, 4.69) is 25.6 Å². The molecule has 0 saturated heterocycles. The van der Waals surface area contributed by atoms with Crippen molar-refractivity contribution in [1.82, 2.24) is 15.0 Å². The van der Waals surface area contributed by atoms with Gasteiger partial charge in [0.25, 0.3) is 0 Å². The molecule has 6 nitrogen and oxygen atoms in total. The summed E-state index contributed by atoms with van der Waals surface area (Å²) in [5.41, 5.74) is 3.58. The molecule has 24 heavy (non-hydrogen) atoms. The second kappa shape index (κ2) is 7.52. The van der Waals surface area contributed by atoms with Crippen LogP contribution < -0.4 is 10.6 Å². The smallest absolute Gasteiger partial charge is 0.225 e. The number of aromatic nitrogens is 3. The predicted molar refractivity (Wildman–Crippen MR) is 95.3 cm³/mol. The molecule has 0 amide bonds. The van der Waals surface area contributed by atoms with Gasteiger partial charge in [0.1, 0.15) is 5.82 Å². The number of benzene rings is 1. The summed E-state index contributed by atoms with van der Waals surface area (Å²) < 4.78 is 0. The maximum absolute atomic E-state index is 9.01. The predicted octanol–water partition coefficient (Wildman–Crippen LogP) is 2.99. The zero-order valence-electron chi connectivity index (χ0n) is 13.4. The fourth-order valence-corrected chi connectivity index (χ4v) is 2.25. The van der Waals surface area contributed by atoms with Crippen LogP contribution in [0.5, 0.6) is 0 Å². The summed E-state index contributed by atoms with van der Waals surface area (Å²) in [6.45, 7) is 2.43. The number of rotatable bonds is 6. The summed E-state index contributed by atoms with van der Waals surface area (Å²) in [4.78, 5) is 13.3. The van der Waals surface area contributed by atoms with Crippen LogP contribution in [-0.2, 0) is 0 Å². The van der Waals surface area contributed by atoms with Crippen molar-refractivity contribution in [2.24, 2.45) is 0 Å². The quantitative estimate of drug-likeness (QED) is 0.647. The lowest BCUT2D eigenvalue weighted by atomic mass is 10.2. The normalized spacial score (nSPS) is 10.4. The number of aliphatic hydroxyl groups excluding tert-OH is 1. The van der Waals surface area contributed by atoms with Gasteiger partial charge in [0.15, 0.2) is 0 Å². The van der Waals surface area contributed by atoms with Gasteiger partial charge < -0.3 is 15.7 Å². The zero-order chi connectivity index (χ0) is 16.8. The molecule has 1 aromatic carbocycles. The fourth-order valence-electron chi connectivity index (χ4n) is 2.25. The van der Waals surface area contributed by atoms with Crippen LogP contribution in [0.4, 0.5) is 17.5 Å². The minimum absolute atomic E-state index is 0.0116. The van der Waals surface area contributed by atoms with E-state index >= 15 is 0 Å². The maximum Gasteiger partial charge on any atom is 0.225 e. The van der Waals surface area contributed by atoms with Gasteiger partial charge in [-0.3, -0.25) is 4.98 Å². The molecule has 122 valence electrons. The Bertz CT molecular complexity index is 808. The lowest BCUT2D eigenvalue weighted by molar-refractivity contribution is 0.311. The molecule has 0 aliphatic rings. The van der Waals surface area contributed by atoms with Crippen LogP contribution in [0.15, 0.2) is 54.7 Å². The van der Waals surface area contributed by atoms with Gasteiger partial charge in [0.2, 0.25) is 5.95 Å². The van der Waals surface area contributed by atoms with E-state index in [4.69, 9.17) is 5.11 Å². The average Bonchev–Trinajstić information content (AvgIpc) is 2.62. The van der Waals surface area contributed by atoms with E-state index in [-0.39, 0.29) is 6.61 Å². The van der Waals surface area contributed by atoms with Gasteiger partial charge in [-0.15, -0.1) is 0 Å². The highest BCUT2D eigenvalue weighted by atomic mass is 16.3. The Morgan fingerprint density at radius 3 is 2.58 bits per heavy atom.